The van der Waals surface area contributed by atoms with Crippen LogP contribution in [0, 0.1) is 0 Å². The van der Waals surface area contributed by atoms with Gasteiger partial charge in [-0.2, -0.15) is 0 Å². The molecule has 2 rings (SSSR count). The number of halogens is 1. The van der Waals surface area contributed by atoms with Gasteiger partial charge in [0, 0.05) is 31.0 Å². The van der Waals surface area contributed by atoms with Gasteiger partial charge in [0.25, 0.3) is 0 Å². The Kier molecular flexibility index (Phi) is 6.96. The van der Waals surface area contributed by atoms with Crippen molar-refractivity contribution in [1.82, 2.24) is 14.9 Å². The summed E-state index contributed by atoms with van der Waals surface area (Å²) in [5, 5.41) is 1.46. The SMILES string of the molecule is CSc1ncc(CN(C)CCCOc2ccccc2Cl)cn1. The predicted molar refractivity (Wildman–Crippen MR) is 91.7 cm³/mol. The zero-order valence-corrected chi connectivity index (χ0v) is 14.4. The molecule has 118 valence electrons. The van der Waals surface area contributed by atoms with Crippen molar-refractivity contribution in [2.45, 2.75) is 18.1 Å². The normalized spacial score (nSPS) is 10.9. The maximum Gasteiger partial charge on any atom is 0.187 e. The van der Waals surface area contributed by atoms with E-state index < -0.39 is 0 Å². The van der Waals surface area contributed by atoms with Gasteiger partial charge in [-0.3, -0.25) is 0 Å². The van der Waals surface area contributed by atoms with Crippen molar-refractivity contribution in [3.63, 3.8) is 0 Å². The van der Waals surface area contributed by atoms with Crippen molar-refractivity contribution in [3.8, 4) is 5.75 Å². The number of benzene rings is 1. The number of rotatable bonds is 8. The molecular weight excluding hydrogens is 318 g/mol. The minimum absolute atomic E-state index is 0.649. The van der Waals surface area contributed by atoms with Crippen LogP contribution >= 0.6 is 23.4 Å². The van der Waals surface area contributed by atoms with Crippen LogP contribution in [0.1, 0.15) is 12.0 Å². The second kappa shape index (κ2) is 8.98. The molecule has 0 saturated heterocycles. The van der Waals surface area contributed by atoms with E-state index >= 15 is 0 Å². The third-order valence-electron chi connectivity index (χ3n) is 3.10. The highest BCUT2D eigenvalue weighted by Gasteiger charge is 2.03. The van der Waals surface area contributed by atoms with Crippen molar-refractivity contribution in [3.05, 3.63) is 47.2 Å². The molecule has 0 radical (unpaired) electrons. The lowest BCUT2D eigenvalue weighted by molar-refractivity contribution is 0.258. The van der Waals surface area contributed by atoms with Crippen LogP contribution in [0.3, 0.4) is 0 Å². The van der Waals surface area contributed by atoms with E-state index in [1.165, 1.54) is 0 Å². The van der Waals surface area contributed by atoms with Gasteiger partial charge in [0.2, 0.25) is 0 Å². The van der Waals surface area contributed by atoms with E-state index in [2.05, 4.69) is 21.9 Å². The number of hydrogen-bond acceptors (Lipinski definition) is 5. The maximum atomic E-state index is 6.05. The van der Waals surface area contributed by atoms with Gasteiger partial charge in [0.1, 0.15) is 5.75 Å². The third kappa shape index (κ3) is 5.48. The summed E-state index contributed by atoms with van der Waals surface area (Å²) < 4.78 is 5.68. The van der Waals surface area contributed by atoms with Gasteiger partial charge in [0.05, 0.1) is 11.6 Å². The van der Waals surface area contributed by atoms with Gasteiger partial charge >= 0.3 is 0 Å². The summed E-state index contributed by atoms with van der Waals surface area (Å²) in [6, 6.07) is 7.54. The van der Waals surface area contributed by atoms with Crippen molar-refractivity contribution in [1.29, 1.82) is 0 Å². The van der Waals surface area contributed by atoms with Gasteiger partial charge < -0.3 is 9.64 Å². The molecule has 4 nitrogen and oxygen atoms in total. The number of ether oxygens (including phenoxy) is 1. The maximum absolute atomic E-state index is 6.05. The second-order valence-corrected chi connectivity index (χ2v) is 6.13. The fraction of sp³-hybridized carbons (Fsp3) is 0.375. The molecule has 1 aromatic carbocycles. The van der Waals surface area contributed by atoms with Crippen LogP contribution in [0.15, 0.2) is 41.8 Å². The number of thioether (sulfide) groups is 1. The number of aromatic nitrogens is 2. The van der Waals surface area contributed by atoms with E-state index in [0.29, 0.717) is 11.6 Å². The Hall–Kier alpha value is -1.30. The summed E-state index contributed by atoms with van der Waals surface area (Å²) in [7, 11) is 2.08. The second-order valence-electron chi connectivity index (χ2n) is 4.95. The lowest BCUT2D eigenvalue weighted by Gasteiger charge is -2.16. The van der Waals surface area contributed by atoms with Crippen LogP contribution in [0.2, 0.25) is 5.02 Å². The molecule has 2 aromatic rings. The monoisotopic (exact) mass is 337 g/mol. The summed E-state index contributed by atoms with van der Waals surface area (Å²) in [4.78, 5) is 10.8. The first-order valence-corrected chi connectivity index (χ1v) is 8.70. The minimum Gasteiger partial charge on any atom is -0.492 e. The highest BCUT2D eigenvalue weighted by molar-refractivity contribution is 7.98. The van der Waals surface area contributed by atoms with Crippen LogP contribution in [0.25, 0.3) is 0 Å². The number of para-hydroxylation sites is 1. The van der Waals surface area contributed by atoms with E-state index in [4.69, 9.17) is 16.3 Å². The molecule has 0 atom stereocenters. The molecular formula is C16H20ClN3OS. The molecule has 0 saturated carbocycles. The van der Waals surface area contributed by atoms with Crippen LogP contribution in [-0.4, -0.2) is 41.3 Å². The molecule has 22 heavy (non-hydrogen) atoms. The molecule has 6 heteroatoms. The average Bonchev–Trinajstić information content (AvgIpc) is 2.54. The molecule has 1 heterocycles. The topological polar surface area (TPSA) is 38.2 Å². The Morgan fingerprint density at radius 2 is 1.95 bits per heavy atom. The van der Waals surface area contributed by atoms with E-state index in [9.17, 15) is 0 Å². The summed E-state index contributed by atoms with van der Waals surface area (Å²) in [5.74, 6) is 0.743. The average molecular weight is 338 g/mol. The fourth-order valence-electron chi connectivity index (χ4n) is 2.00. The molecule has 0 unspecified atom stereocenters. The van der Waals surface area contributed by atoms with Gasteiger partial charge in [0.15, 0.2) is 5.16 Å². The smallest absolute Gasteiger partial charge is 0.187 e. The Morgan fingerprint density at radius 1 is 1.23 bits per heavy atom. The third-order valence-corrected chi connectivity index (χ3v) is 3.98. The summed E-state index contributed by atoms with van der Waals surface area (Å²) in [6.07, 6.45) is 6.68. The van der Waals surface area contributed by atoms with Crippen molar-refractivity contribution in [2.24, 2.45) is 0 Å². The molecule has 0 bridgehead atoms. The molecule has 0 aliphatic heterocycles. The first kappa shape index (κ1) is 17.1. The summed E-state index contributed by atoms with van der Waals surface area (Å²) in [5.41, 5.74) is 1.12. The van der Waals surface area contributed by atoms with Crippen molar-refractivity contribution >= 4 is 23.4 Å². The zero-order valence-electron chi connectivity index (χ0n) is 12.8. The van der Waals surface area contributed by atoms with Crippen molar-refractivity contribution in [2.75, 3.05) is 26.5 Å². The number of hydrogen-bond donors (Lipinski definition) is 0. The fourth-order valence-corrected chi connectivity index (χ4v) is 2.51. The summed E-state index contributed by atoms with van der Waals surface area (Å²) >= 11 is 7.60. The van der Waals surface area contributed by atoms with E-state index in [1.807, 2.05) is 42.9 Å². The molecule has 1 aromatic heterocycles. The molecule has 0 fully saturated rings. The highest BCUT2D eigenvalue weighted by atomic mass is 35.5. The lowest BCUT2D eigenvalue weighted by atomic mass is 10.3. The van der Waals surface area contributed by atoms with Crippen LogP contribution in [-0.2, 0) is 6.54 Å². The van der Waals surface area contributed by atoms with Gasteiger partial charge in [-0.1, -0.05) is 35.5 Å². The molecule has 0 amide bonds. The van der Waals surface area contributed by atoms with Gasteiger partial charge in [-0.25, -0.2) is 9.97 Å². The van der Waals surface area contributed by atoms with E-state index in [-0.39, 0.29) is 0 Å². The van der Waals surface area contributed by atoms with Crippen LogP contribution < -0.4 is 4.74 Å². The molecule has 0 N–H and O–H groups in total. The van der Waals surface area contributed by atoms with E-state index in [1.54, 1.807) is 11.8 Å². The van der Waals surface area contributed by atoms with Gasteiger partial charge in [-0.05, 0) is 31.9 Å². The first-order chi connectivity index (χ1) is 10.7. The van der Waals surface area contributed by atoms with Crippen LogP contribution in [0.4, 0.5) is 0 Å². The Labute approximate surface area is 140 Å². The quantitative estimate of drug-likeness (QED) is 0.416. The lowest BCUT2D eigenvalue weighted by Crippen LogP contribution is -2.21. The number of nitrogens with zero attached hydrogens (tertiary/aromatic N) is 3. The molecule has 0 spiro atoms. The Bertz CT molecular complexity index is 580. The first-order valence-electron chi connectivity index (χ1n) is 7.10. The van der Waals surface area contributed by atoms with Gasteiger partial charge in [-0.15, -0.1) is 0 Å². The summed E-state index contributed by atoms with van der Waals surface area (Å²) in [6.45, 7) is 2.42. The zero-order chi connectivity index (χ0) is 15.8. The highest BCUT2D eigenvalue weighted by Crippen LogP contribution is 2.23. The van der Waals surface area contributed by atoms with E-state index in [0.717, 1.165) is 36.0 Å². The Morgan fingerprint density at radius 3 is 2.64 bits per heavy atom. The predicted octanol–water partition coefficient (Wildman–Crippen LogP) is 3.75. The van der Waals surface area contributed by atoms with Crippen molar-refractivity contribution < 1.29 is 4.74 Å². The standard InChI is InChI=1S/C16H20ClN3OS/c1-20(12-13-10-18-16(22-2)19-11-13)8-5-9-21-15-7-4-3-6-14(15)17/h3-4,6-7,10-11H,5,8-9,12H2,1-2H3. The molecule has 0 aliphatic carbocycles. The largest absolute Gasteiger partial charge is 0.492 e. The minimum atomic E-state index is 0.649. The Balaban J connectivity index is 1.69. The van der Waals surface area contributed by atoms with Crippen LogP contribution in [0.5, 0.6) is 5.75 Å². The molecule has 0 aliphatic rings.